The Hall–Kier alpha value is -2.13. The summed E-state index contributed by atoms with van der Waals surface area (Å²) < 4.78 is 2.13. The molecule has 0 atom stereocenters. The van der Waals surface area contributed by atoms with E-state index >= 15 is 0 Å². The summed E-state index contributed by atoms with van der Waals surface area (Å²) in [6, 6.07) is 16.9. The van der Waals surface area contributed by atoms with Crippen LogP contribution in [0.5, 0.6) is 0 Å². The minimum absolute atomic E-state index is 0.682. The van der Waals surface area contributed by atoms with Crippen molar-refractivity contribution in [2.75, 3.05) is 6.54 Å². The van der Waals surface area contributed by atoms with Gasteiger partial charge in [0.1, 0.15) is 6.33 Å². The molecule has 3 rings (SSSR count). The minimum atomic E-state index is 0.682. The molecule has 0 unspecified atom stereocenters. The molecule has 0 spiro atoms. The summed E-state index contributed by atoms with van der Waals surface area (Å²) in [4.78, 5) is 4.44. The Morgan fingerprint density at radius 1 is 1.05 bits per heavy atom. The number of fused-ring (bicyclic) bond motifs is 1. The number of benzene rings is 2. The first-order valence-corrected chi connectivity index (χ1v) is 7.46. The van der Waals surface area contributed by atoms with Crippen LogP contribution >= 0.6 is 0 Å². The zero-order valence-corrected chi connectivity index (χ0v) is 12.6. The predicted molar refractivity (Wildman–Crippen MR) is 87.6 cm³/mol. The molecule has 0 amide bonds. The topological polar surface area (TPSA) is 29.9 Å². The van der Waals surface area contributed by atoms with Crippen molar-refractivity contribution in [3.63, 3.8) is 0 Å². The van der Waals surface area contributed by atoms with Crippen LogP contribution in [0.4, 0.5) is 0 Å². The molecule has 3 heteroatoms. The highest BCUT2D eigenvalue weighted by Crippen LogP contribution is 2.18. The molecule has 0 bridgehead atoms. The third-order valence-electron chi connectivity index (χ3n) is 3.55. The third kappa shape index (κ3) is 3.14. The number of imidazole rings is 1. The van der Waals surface area contributed by atoms with Gasteiger partial charge in [0.2, 0.25) is 0 Å². The van der Waals surface area contributed by atoms with Gasteiger partial charge in [-0.3, -0.25) is 4.57 Å². The fourth-order valence-electron chi connectivity index (χ4n) is 2.44. The molecule has 0 saturated carbocycles. The first-order chi connectivity index (χ1) is 10.2. The largest absolute Gasteiger partial charge is 0.312 e. The summed E-state index contributed by atoms with van der Waals surface area (Å²) in [6.45, 7) is 6.41. The van der Waals surface area contributed by atoms with Gasteiger partial charge in [-0.05, 0) is 42.3 Å². The molecule has 2 aromatic carbocycles. The lowest BCUT2D eigenvalue weighted by molar-refractivity contribution is 0.552. The lowest BCUT2D eigenvalue weighted by Crippen LogP contribution is -2.18. The quantitative estimate of drug-likeness (QED) is 0.770. The highest BCUT2D eigenvalue weighted by Gasteiger charge is 2.03. The number of nitrogens with one attached hydrogen (secondary N) is 1. The second kappa shape index (κ2) is 6.10. The van der Waals surface area contributed by atoms with Crippen molar-refractivity contribution in [1.82, 2.24) is 14.9 Å². The summed E-state index contributed by atoms with van der Waals surface area (Å²) in [5.74, 6) is 0.682. The first kappa shape index (κ1) is 13.8. The SMILES string of the molecule is CC(C)CNCc1ccc(-n2cnc3ccccc32)cc1. The van der Waals surface area contributed by atoms with E-state index in [0.29, 0.717) is 5.92 Å². The van der Waals surface area contributed by atoms with Crippen LogP contribution in [0.15, 0.2) is 54.9 Å². The number of para-hydroxylation sites is 2. The van der Waals surface area contributed by atoms with E-state index in [4.69, 9.17) is 0 Å². The zero-order valence-electron chi connectivity index (χ0n) is 12.6. The van der Waals surface area contributed by atoms with E-state index in [1.54, 1.807) is 0 Å². The van der Waals surface area contributed by atoms with E-state index in [0.717, 1.165) is 29.8 Å². The van der Waals surface area contributed by atoms with Gasteiger partial charge in [0.05, 0.1) is 11.0 Å². The number of nitrogens with zero attached hydrogens (tertiary/aromatic N) is 2. The van der Waals surface area contributed by atoms with E-state index in [9.17, 15) is 0 Å². The Balaban J connectivity index is 1.78. The van der Waals surface area contributed by atoms with Crippen LogP contribution in [0, 0.1) is 5.92 Å². The van der Waals surface area contributed by atoms with Gasteiger partial charge in [-0.1, -0.05) is 38.1 Å². The van der Waals surface area contributed by atoms with Crippen LogP contribution in [0.25, 0.3) is 16.7 Å². The second-order valence-electron chi connectivity index (χ2n) is 5.79. The van der Waals surface area contributed by atoms with E-state index in [-0.39, 0.29) is 0 Å². The third-order valence-corrected chi connectivity index (χ3v) is 3.55. The molecule has 0 radical (unpaired) electrons. The molecule has 0 fully saturated rings. The molecular weight excluding hydrogens is 258 g/mol. The van der Waals surface area contributed by atoms with Crippen molar-refractivity contribution in [3.8, 4) is 5.69 Å². The molecule has 0 aliphatic rings. The van der Waals surface area contributed by atoms with Crippen molar-refractivity contribution in [2.24, 2.45) is 5.92 Å². The van der Waals surface area contributed by atoms with Crippen LogP contribution in [0.3, 0.4) is 0 Å². The minimum Gasteiger partial charge on any atom is -0.312 e. The van der Waals surface area contributed by atoms with E-state index < -0.39 is 0 Å². The lowest BCUT2D eigenvalue weighted by atomic mass is 10.2. The maximum Gasteiger partial charge on any atom is 0.100 e. The molecule has 0 aliphatic carbocycles. The van der Waals surface area contributed by atoms with Crippen LogP contribution in [-0.4, -0.2) is 16.1 Å². The summed E-state index contributed by atoms with van der Waals surface area (Å²) in [5, 5.41) is 3.47. The van der Waals surface area contributed by atoms with Gasteiger partial charge >= 0.3 is 0 Å². The molecule has 0 aliphatic heterocycles. The van der Waals surface area contributed by atoms with Gasteiger partial charge in [0.25, 0.3) is 0 Å². The standard InChI is InChI=1S/C18H21N3/c1-14(2)11-19-12-15-7-9-16(10-8-15)21-13-20-17-5-3-4-6-18(17)21/h3-10,13-14,19H,11-12H2,1-2H3. The average Bonchev–Trinajstić information content (AvgIpc) is 2.92. The lowest BCUT2D eigenvalue weighted by Gasteiger charge is -2.09. The zero-order chi connectivity index (χ0) is 14.7. The maximum atomic E-state index is 4.44. The molecule has 108 valence electrons. The Bertz CT molecular complexity index is 711. The van der Waals surface area contributed by atoms with Crippen molar-refractivity contribution in [3.05, 3.63) is 60.4 Å². The molecule has 1 N–H and O–H groups in total. The van der Waals surface area contributed by atoms with E-state index in [2.05, 4.69) is 59.0 Å². The monoisotopic (exact) mass is 279 g/mol. The Morgan fingerprint density at radius 3 is 2.57 bits per heavy atom. The van der Waals surface area contributed by atoms with Crippen molar-refractivity contribution in [1.29, 1.82) is 0 Å². The average molecular weight is 279 g/mol. The van der Waals surface area contributed by atoms with E-state index in [1.165, 1.54) is 5.56 Å². The van der Waals surface area contributed by atoms with Crippen LogP contribution in [0.1, 0.15) is 19.4 Å². The van der Waals surface area contributed by atoms with Crippen molar-refractivity contribution in [2.45, 2.75) is 20.4 Å². The Morgan fingerprint density at radius 2 is 1.81 bits per heavy atom. The normalized spacial score (nSPS) is 11.4. The number of hydrogen-bond acceptors (Lipinski definition) is 2. The fraction of sp³-hybridized carbons (Fsp3) is 0.278. The highest BCUT2D eigenvalue weighted by molar-refractivity contribution is 5.77. The van der Waals surface area contributed by atoms with Gasteiger partial charge in [-0.2, -0.15) is 0 Å². The van der Waals surface area contributed by atoms with Gasteiger partial charge in [-0.15, -0.1) is 0 Å². The molecular formula is C18H21N3. The molecule has 21 heavy (non-hydrogen) atoms. The van der Waals surface area contributed by atoms with Gasteiger partial charge in [-0.25, -0.2) is 4.98 Å². The maximum absolute atomic E-state index is 4.44. The Labute approximate surface area is 125 Å². The smallest absolute Gasteiger partial charge is 0.100 e. The molecule has 0 saturated heterocycles. The molecule has 3 aromatic rings. The van der Waals surface area contributed by atoms with Crippen LogP contribution in [0.2, 0.25) is 0 Å². The van der Waals surface area contributed by atoms with Gasteiger partial charge in [0.15, 0.2) is 0 Å². The van der Waals surface area contributed by atoms with Crippen LogP contribution in [-0.2, 0) is 6.54 Å². The molecule has 1 aromatic heterocycles. The first-order valence-electron chi connectivity index (χ1n) is 7.46. The van der Waals surface area contributed by atoms with Gasteiger partial charge in [0, 0.05) is 12.2 Å². The number of hydrogen-bond donors (Lipinski definition) is 1. The van der Waals surface area contributed by atoms with Crippen LogP contribution < -0.4 is 5.32 Å². The fourth-order valence-corrected chi connectivity index (χ4v) is 2.44. The number of rotatable bonds is 5. The van der Waals surface area contributed by atoms with Gasteiger partial charge < -0.3 is 5.32 Å². The van der Waals surface area contributed by atoms with Crippen molar-refractivity contribution < 1.29 is 0 Å². The van der Waals surface area contributed by atoms with E-state index in [1.807, 2.05) is 24.5 Å². The summed E-state index contributed by atoms with van der Waals surface area (Å²) in [7, 11) is 0. The Kier molecular flexibility index (Phi) is 4.02. The van der Waals surface area contributed by atoms with Crippen molar-refractivity contribution >= 4 is 11.0 Å². The predicted octanol–water partition coefficient (Wildman–Crippen LogP) is 3.77. The number of aromatic nitrogens is 2. The molecule has 1 heterocycles. The summed E-state index contributed by atoms with van der Waals surface area (Å²) in [6.07, 6.45) is 1.89. The summed E-state index contributed by atoms with van der Waals surface area (Å²) >= 11 is 0. The molecule has 3 nitrogen and oxygen atoms in total. The highest BCUT2D eigenvalue weighted by atomic mass is 15.0. The second-order valence-corrected chi connectivity index (χ2v) is 5.79. The summed E-state index contributed by atoms with van der Waals surface area (Å²) in [5.41, 5.74) is 4.63.